The second-order valence-corrected chi connectivity index (χ2v) is 4.64. The molecule has 1 fully saturated rings. The minimum absolute atomic E-state index is 0.565. The van der Waals surface area contributed by atoms with Gasteiger partial charge in [-0.3, -0.25) is 0 Å². The number of oxazole rings is 1. The van der Waals surface area contributed by atoms with Crippen LogP contribution in [0.25, 0.3) is 11.1 Å². The fourth-order valence-electron chi connectivity index (χ4n) is 2.34. The maximum atomic E-state index is 5.73. The van der Waals surface area contributed by atoms with E-state index in [0.717, 1.165) is 24.2 Å². The number of para-hydroxylation sites is 2. The number of fused-ring (bicyclic) bond motifs is 1. The molecule has 3 rings (SSSR count). The van der Waals surface area contributed by atoms with Crippen molar-refractivity contribution in [3.05, 3.63) is 24.3 Å². The summed E-state index contributed by atoms with van der Waals surface area (Å²) in [6.07, 6.45) is 2.51. The molecule has 4 heteroatoms. The second kappa shape index (κ2) is 4.37. The van der Waals surface area contributed by atoms with Crippen LogP contribution in [0, 0.1) is 0 Å². The summed E-state index contributed by atoms with van der Waals surface area (Å²) in [6.45, 7) is 2.08. The van der Waals surface area contributed by atoms with E-state index in [9.17, 15) is 0 Å². The van der Waals surface area contributed by atoms with E-state index in [4.69, 9.17) is 4.42 Å². The first-order valence-electron chi connectivity index (χ1n) is 6.13. The number of benzene rings is 1. The molecule has 1 aromatic heterocycles. The Balaban J connectivity index is 1.77. The molecule has 2 aromatic rings. The molecule has 0 spiro atoms. The highest BCUT2D eigenvalue weighted by Crippen LogP contribution is 2.21. The van der Waals surface area contributed by atoms with E-state index in [1.165, 1.54) is 12.8 Å². The summed E-state index contributed by atoms with van der Waals surface area (Å²) in [5.74, 6) is 0. The number of nitrogens with zero attached hydrogens (tertiary/aromatic N) is 2. The van der Waals surface area contributed by atoms with Crippen LogP contribution >= 0.6 is 0 Å². The summed E-state index contributed by atoms with van der Waals surface area (Å²) in [4.78, 5) is 6.57. The Morgan fingerprint density at radius 2 is 2.35 bits per heavy atom. The molecule has 1 N–H and O–H groups in total. The molecule has 1 aliphatic heterocycles. The van der Waals surface area contributed by atoms with E-state index in [2.05, 4.69) is 15.2 Å². The number of likely N-dealkylation sites (N-methyl/N-ethyl adjacent to an activating group) is 1. The van der Waals surface area contributed by atoms with Gasteiger partial charge in [-0.25, -0.2) is 0 Å². The topological polar surface area (TPSA) is 41.3 Å². The van der Waals surface area contributed by atoms with Gasteiger partial charge in [-0.05, 0) is 31.5 Å². The smallest absolute Gasteiger partial charge is 0.298 e. The summed E-state index contributed by atoms with van der Waals surface area (Å²) >= 11 is 0. The molecule has 0 saturated carbocycles. The van der Waals surface area contributed by atoms with Gasteiger partial charge in [-0.2, -0.15) is 4.98 Å². The van der Waals surface area contributed by atoms with Gasteiger partial charge in [0.2, 0.25) is 0 Å². The van der Waals surface area contributed by atoms with Crippen molar-refractivity contribution >= 4 is 17.1 Å². The van der Waals surface area contributed by atoms with Gasteiger partial charge in [-0.1, -0.05) is 12.1 Å². The lowest BCUT2D eigenvalue weighted by molar-refractivity contribution is 0.541. The Hall–Kier alpha value is -1.55. The van der Waals surface area contributed by atoms with Crippen molar-refractivity contribution in [2.24, 2.45) is 0 Å². The van der Waals surface area contributed by atoms with Gasteiger partial charge in [0.1, 0.15) is 5.52 Å². The molecule has 0 unspecified atom stereocenters. The molecule has 1 atom stereocenters. The zero-order chi connectivity index (χ0) is 11.7. The first-order chi connectivity index (χ1) is 8.33. The number of aromatic nitrogens is 1. The van der Waals surface area contributed by atoms with Gasteiger partial charge in [0.25, 0.3) is 6.01 Å². The van der Waals surface area contributed by atoms with Crippen LogP contribution in [0.15, 0.2) is 28.7 Å². The van der Waals surface area contributed by atoms with Gasteiger partial charge in [0.15, 0.2) is 5.58 Å². The van der Waals surface area contributed by atoms with E-state index in [1.54, 1.807) is 0 Å². The van der Waals surface area contributed by atoms with Crippen LogP contribution in [-0.2, 0) is 0 Å². The van der Waals surface area contributed by atoms with Gasteiger partial charge in [-0.15, -0.1) is 0 Å². The third-order valence-electron chi connectivity index (χ3n) is 3.27. The maximum Gasteiger partial charge on any atom is 0.298 e. The highest BCUT2D eigenvalue weighted by molar-refractivity contribution is 5.74. The van der Waals surface area contributed by atoms with Crippen LogP contribution in [0.1, 0.15) is 12.8 Å². The maximum absolute atomic E-state index is 5.73. The first-order valence-corrected chi connectivity index (χ1v) is 6.13. The molecule has 0 amide bonds. The predicted molar refractivity (Wildman–Crippen MR) is 68.3 cm³/mol. The lowest BCUT2D eigenvalue weighted by atomic mass is 10.2. The first kappa shape index (κ1) is 10.6. The van der Waals surface area contributed by atoms with E-state index < -0.39 is 0 Å². The van der Waals surface area contributed by atoms with Crippen molar-refractivity contribution in [1.82, 2.24) is 10.3 Å². The summed E-state index contributed by atoms with van der Waals surface area (Å²) in [6, 6.07) is 9.15. The Labute approximate surface area is 101 Å². The molecule has 0 bridgehead atoms. The fourth-order valence-corrected chi connectivity index (χ4v) is 2.34. The number of hydrogen-bond acceptors (Lipinski definition) is 4. The van der Waals surface area contributed by atoms with Crippen molar-refractivity contribution in [3.63, 3.8) is 0 Å². The van der Waals surface area contributed by atoms with Crippen LogP contribution in [0.2, 0.25) is 0 Å². The van der Waals surface area contributed by atoms with Crippen molar-refractivity contribution in [3.8, 4) is 0 Å². The minimum atomic E-state index is 0.565. The highest BCUT2D eigenvalue weighted by atomic mass is 16.4. The third kappa shape index (κ3) is 2.13. The van der Waals surface area contributed by atoms with Crippen molar-refractivity contribution in [2.75, 3.05) is 25.0 Å². The number of anilines is 1. The van der Waals surface area contributed by atoms with Crippen LogP contribution in [-0.4, -0.2) is 31.2 Å². The molecular weight excluding hydrogens is 214 g/mol. The molecule has 17 heavy (non-hydrogen) atoms. The fraction of sp³-hybridized carbons (Fsp3) is 0.462. The summed E-state index contributed by atoms with van der Waals surface area (Å²) in [5, 5.41) is 3.48. The normalized spacial score (nSPS) is 19.9. The predicted octanol–water partition coefficient (Wildman–Crippen LogP) is 2.02. The standard InChI is InChI=1S/C13H17N3O/c1-16(9-10-5-4-8-14-10)13-15-11-6-2-3-7-12(11)17-13/h2-3,6-7,10,14H,4-5,8-9H2,1H3/t10-/m1/s1. The highest BCUT2D eigenvalue weighted by Gasteiger charge is 2.18. The number of hydrogen-bond donors (Lipinski definition) is 1. The van der Waals surface area contributed by atoms with Gasteiger partial charge in [0.05, 0.1) is 0 Å². The summed E-state index contributed by atoms with van der Waals surface area (Å²) < 4.78 is 5.73. The van der Waals surface area contributed by atoms with E-state index in [1.807, 2.05) is 31.3 Å². The van der Waals surface area contributed by atoms with E-state index in [0.29, 0.717) is 12.1 Å². The average Bonchev–Trinajstić information content (AvgIpc) is 2.96. The Kier molecular flexibility index (Phi) is 2.73. The molecular formula is C13H17N3O. The quantitative estimate of drug-likeness (QED) is 0.877. The monoisotopic (exact) mass is 231 g/mol. The van der Waals surface area contributed by atoms with Gasteiger partial charge >= 0.3 is 0 Å². The molecule has 1 aromatic carbocycles. The molecule has 1 aliphatic rings. The largest absolute Gasteiger partial charge is 0.423 e. The number of rotatable bonds is 3. The molecule has 1 saturated heterocycles. The lowest BCUT2D eigenvalue weighted by Gasteiger charge is -2.19. The van der Waals surface area contributed by atoms with Crippen molar-refractivity contribution in [2.45, 2.75) is 18.9 Å². The van der Waals surface area contributed by atoms with Gasteiger partial charge in [0, 0.05) is 19.6 Å². The zero-order valence-electron chi connectivity index (χ0n) is 10.0. The summed E-state index contributed by atoms with van der Waals surface area (Å²) in [7, 11) is 2.03. The molecule has 0 aliphatic carbocycles. The number of nitrogens with one attached hydrogen (secondary N) is 1. The average molecular weight is 231 g/mol. The van der Waals surface area contributed by atoms with Crippen molar-refractivity contribution < 1.29 is 4.42 Å². The molecule has 4 nitrogen and oxygen atoms in total. The summed E-state index contributed by atoms with van der Waals surface area (Å²) in [5.41, 5.74) is 1.78. The van der Waals surface area contributed by atoms with Crippen LogP contribution in [0.3, 0.4) is 0 Å². The Morgan fingerprint density at radius 1 is 1.47 bits per heavy atom. The van der Waals surface area contributed by atoms with Crippen LogP contribution in [0.5, 0.6) is 0 Å². The second-order valence-electron chi connectivity index (χ2n) is 4.64. The van der Waals surface area contributed by atoms with Crippen LogP contribution < -0.4 is 10.2 Å². The minimum Gasteiger partial charge on any atom is -0.423 e. The van der Waals surface area contributed by atoms with Crippen molar-refractivity contribution in [1.29, 1.82) is 0 Å². The Morgan fingerprint density at radius 3 is 3.12 bits per heavy atom. The Bertz CT molecular complexity index is 469. The van der Waals surface area contributed by atoms with Crippen LogP contribution in [0.4, 0.5) is 6.01 Å². The molecule has 0 radical (unpaired) electrons. The lowest BCUT2D eigenvalue weighted by Crippen LogP contribution is -2.35. The third-order valence-corrected chi connectivity index (χ3v) is 3.27. The molecule has 90 valence electrons. The zero-order valence-corrected chi connectivity index (χ0v) is 10.0. The molecule has 2 heterocycles. The van der Waals surface area contributed by atoms with E-state index in [-0.39, 0.29) is 0 Å². The van der Waals surface area contributed by atoms with E-state index >= 15 is 0 Å². The van der Waals surface area contributed by atoms with Gasteiger partial charge < -0.3 is 14.6 Å². The SMILES string of the molecule is CN(C[C@H]1CCCN1)c1nc2ccccc2o1.